The zero-order valence-corrected chi connectivity index (χ0v) is 13.4. The monoisotopic (exact) mass is 321 g/mol. The molecule has 3 aromatic rings. The molecule has 23 heavy (non-hydrogen) atoms. The summed E-state index contributed by atoms with van der Waals surface area (Å²) in [5, 5.41) is 3.78. The molecule has 2 aromatic carbocycles. The number of nitrogens with one attached hydrogen (secondary N) is 1. The highest BCUT2D eigenvalue weighted by Gasteiger charge is 2.15. The van der Waals surface area contributed by atoms with E-state index in [4.69, 9.17) is 0 Å². The molecule has 0 unspecified atom stereocenters. The lowest BCUT2D eigenvalue weighted by atomic mass is 10.1. The first-order valence-corrected chi connectivity index (χ1v) is 8.03. The fourth-order valence-electron chi connectivity index (χ4n) is 2.31. The minimum Gasteiger partial charge on any atom is -0.347 e. The lowest BCUT2D eigenvalue weighted by Gasteiger charge is -2.11. The van der Waals surface area contributed by atoms with Crippen molar-refractivity contribution in [2.75, 3.05) is 5.32 Å². The average Bonchev–Trinajstić information content (AvgIpc) is 2.56. The first-order valence-electron chi connectivity index (χ1n) is 7.22. The number of hydrogen-bond acceptors (Lipinski definition) is 4. The number of para-hydroxylation sites is 1. The lowest BCUT2D eigenvalue weighted by molar-refractivity contribution is 0.101. The summed E-state index contributed by atoms with van der Waals surface area (Å²) >= 11 is 1.41. The van der Waals surface area contributed by atoms with Crippen molar-refractivity contribution < 1.29 is 4.79 Å². The van der Waals surface area contributed by atoms with Crippen molar-refractivity contribution in [1.29, 1.82) is 0 Å². The first kappa shape index (κ1) is 15.2. The van der Waals surface area contributed by atoms with Gasteiger partial charge in [-0.25, -0.2) is 0 Å². The Bertz CT molecular complexity index is 886. The quantitative estimate of drug-likeness (QED) is 0.707. The molecule has 1 heterocycles. The normalized spacial score (nSPS) is 10.3. The highest BCUT2D eigenvalue weighted by Crippen LogP contribution is 2.32. The van der Waals surface area contributed by atoms with Gasteiger partial charge in [-0.1, -0.05) is 48.5 Å². The van der Waals surface area contributed by atoms with Crippen LogP contribution >= 0.6 is 11.3 Å². The van der Waals surface area contributed by atoms with Crippen molar-refractivity contribution in [2.24, 2.45) is 0 Å². The van der Waals surface area contributed by atoms with Crippen molar-refractivity contribution in [3.8, 4) is 10.4 Å². The van der Waals surface area contributed by atoms with Crippen LogP contribution in [0.2, 0.25) is 0 Å². The molecule has 0 spiro atoms. The molecule has 0 atom stereocenters. The molecule has 0 aliphatic carbocycles. The van der Waals surface area contributed by atoms with Crippen LogP contribution in [0.25, 0.3) is 10.4 Å². The van der Waals surface area contributed by atoms with Crippen LogP contribution in [0.5, 0.6) is 0 Å². The topological polar surface area (TPSA) is 46.2 Å². The molecule has 0 saturated carbocycles. The van der Waals surface area contributed by atoms with E-state index < -0.39 is 0 Å². The van der Waals surface area contributed by atoms with E-state index in [2.05, 4.69) is 5.32 Å². The van der Waals surface area contributed by atoms with Crippen LogP contribution in [0, 0.1) is 0 Å². The number of Topliss-reactive ketones (excluding diaryl/α,β-unsaturated/α-hetero) is 1. The Labute approximate surface area is 138 Å². The number of rotatable bonds is 4. The van der Waals surface area contributed by atoms with E-state index in [1.807, 2.05) is 60.7 Å². The number of carbonyl (C=O) groups excluding carboxylic acids is 1. The number of hydrogen-bond donors (Lipinski definition) is 1. The maximum atomic E-state index is 12.4. The van der Waals surface area contributed by atoms with Crippen LogP contribution in [-0.4, -0.2) is 5.78 Å². The van der Waals surface area contributed by atoms with Crippen LogP contribution in [0.15, 0.2) is 71.5 Å². The molecule has 0 saturated heterocycles. The fourth-order valence-corrected chi connectivity index (χ4v) is 3.47. The summed E-state index contributed by atoms with van der Waals surface area (Å²) in [5.74, 6) is -0.232. The Morgan fingerprint density at radius 1 is 0.957 bits per heavy atom. The third-order valence-corrected chi connectivity index (χ3v) is 4.47. The van der Waals surface area contributed by atoms with Crippen molar-refractivity contribution in [1.82, 2.24) is 0 Å². The highest BCUT2D eigenvalue weighted by atomic mass is 32.1. The van der Waals surface area contributed by atoms with Gasteiger partial charge < -0.3 is 5.32 Å². The molecule has 1 aromatic heterocycles. The fraction of sp³-hybridized carbons (Fsp3) is 0.0526. The Hall–Kier alpha value is -2.72. The van der Waals surface area contributed by atoms with Crippen molar-refractivity contribution in [3.05, 3.63) is 82.5 Å². The van der Waals surface area contributed by atoms with Gasteiger partial charge in [-0.3, -0.25) is 9.59 Å². The summed E-state index contributed by atoms with van der Waals surface area (Å²) in [4.78, 5) is 25.1. The molecule has 3 nitrogen and oxygen atoms in total. The molecule has 114 valence electrons. The highest BCUT2D eigenvalue weighted by molar-refractivity contribution is 7.19. The number of anilines is 2. The minimum atomic E-state index is -0.256. The number of carbonyl (C=O) groups is 1. The Balaban J connectivity index is 2.13. The van der Waals surface area contributed by atoms with Gasteiger partial charge in [-0.05, 0) is 24.6 Å². The largest absolute Gasteiger partial charge is 0.347 e. The maximum absolute atomic E-state index is 12.4. The van der Waals surface area contributed by atoms with Gasteiger partial charge >= 0.3 is 0 Å². The summed E-state index contributed by atoms with van der Waals surface area (Å²) in [6.45, 7) is 1.42. The zero-order valence-electron chi connectivity index (χ0n) is 12.6. The third-order valence-electron chi connectivity index (χ3n) is 3.39. The van der Waals surface area contributed by atoms with E-state index in [-0.39, 0.29) is 16.8 Å². The lowest BCUT2D eigenvalue weighted by Crippen LogP contribution is -2.14. The van der Waals surface area contributed by atoms with E-state index in [0.29, 0.717) is 5.00 Å². The summed E-state index contributed by atoms with van der Waals surface area (Å²) in [5.41, 5.74) is 1.75. The molecular formula is C19H15NO2S. The molecule has 3 rings (SSSR count). The standard InChI is InChI=1S/C19H15NO2S/c1-13(21)18-16(22)12-17(14-8-4-2-5-9-14)23-19(18)20-15-10-6-3-7-11-15/h2-12,20H,1H3. The van der Waals surface area contributed by atoms with Gasteiger partial charge in [-0.15, -0.1) is 11.3 Å². The van der Waals surface area contributed by atoms with E-state index in [0.717, 1.165) is 16.1 Å². The predicted octanol–water partition coefficient (Wildman–Crippen LogP) is 4.72. The van der Waals surface area contributed by atoms with Gasteiger partial charge in [0.05, 0.1) is 5.56 Å². The van der Waals surface area contributed by atoms with Crippen LogP contribution in [-0.2, 0) is 0 Å². The van der Waals surface area contributed by atoms with E-state index in [9.17, 15) is 9.59 Å². The molecule has 0 aliphatic rings. The Morgan fingerprint density at radius 2 is 1.57 bits per heavy atom. The molecule has 0 amide bonds. The molecule has 0 fully saturated rings. The summed E-state index contributed by atoms with van der Waals surface area (Å²) in [6.07, 6.45) is 0. The van der Waals surface area contributed by atoms with Gasteiger partial charge in [0.15, 0.2) is 11.2 Å². The minimum absolute atomic E-state index is 0.207. The van der Waals surface area contributed by atoms with Crippen molar-refractivity contribution in [3.63, 3.8) is 0 Å². The second kappa shape index (κ2) is 6.58. The SMILES string of the molecule is CC(=O)c1c(Nc2ccccc2)sc(-c2ccccc2)cc1=O. The Kier molecular flexibility index (Phi) is 4.35. The zero-order chi connectivity index (χ0) is 16.2. The summed E-state index contributed by atoms with van der Waals surface area (Å²) in [7, 11) is 0. The van der Waals surface area contributed by atoms with Crippen LogP contribution in [0.1, 0.15) is 17.3 Å². The molecule has 0 radical (unpaired) electrons. The summed E-state index contributed by atoms with van der Waals surface area (Å²) in [6, 6.07) is 20.7. The van der Waals surface area contributed by atoms with Crippen molar-refractivity contribution >= 4 is 27.8 Å². The molecule has 0 aliphatic heterocycles. The second-order valence-electron chi connectivity index (χ2n) is 5.09. The third kappa shape index (κ3) is 3.38. The van der Waals surface area contributed by atoms with E-state index >= 15 is 0 Å². The number of ketones is 1. The first-order chi connectivity index (χ1) is 11.1. The van der Waals surface area contributed by atoms with Gasteiger partial charge in [0.25, 0.3) is 0 Å². The van der Waals surface area contributed by atoms with E-state index in [1.165, 1.54) is 24.3 Å². The summed E-state index contributed by atoms with van der Waals surface area (Å²) < 4.78 is 0. The van der Waals surface area contributed by atoms with Gasteiger partial charge in [0.2, 0.25) is 0 Å². The van der Waals surface area contributed by atoms with Crippen molar-refractivity contribution in [2.45, 2.75) is 6.92 Å². The molecular weight excluding hydrogens is 306 g/mol. The second-order valence-corrected chi connectivity index (χ2v) is 6.14. The number of benzene rings is 2. The van der Waals surface area contributed by atoms with Gasteiger partial charge in [0.1, 0.15) is 5.00 Å². The smallest absolute Gasteiger partial charge is 0.193 e. The molecule has 1 N–H and O–H groups in total. The molecule has 4 heteroatoms. The predicted molar refractivity (Wildman–Crippen MR) is 95.8 cm³/mol. The van der Waals surface area contributed by atoms with E-state index in [1.54, 1.807) is 0 Å². The Morgan fingerprint density at radius 3 is 2.17 bits per heavy atom. The van der Waals surface area contributed by atoms with Gasteiger partial charge in [0, 0.05) is 16.6 Å². The van der Waals surface area contributed by atoms with Gasteiger partial charge in [-0.2, -0.15) is 0 Å². The average molecular weight is 321 g/mol. The molecule has 0 bridgehead atoms. The van der Waals surface area contributed by atoms with Crippen LogP contribution in [0.3, 0.4) is 0 Å². The van der Waals surface area contributed by atoms with Crippen LogP contribution in [0.4, 0.5) is 10.7 Å². The van der Waals surface area contributed by atoms with Crippen LogP contribution < -0.4 is 10.7 Å². The maximum Gasteiger partial charge on any atom is 0.193 e.